The smallest absolute Gasteiger partial charge is 0.339 e. The van der Waals surface area contributed by atoms with Gasteiger partial charge in [0.2, 0.25) is 0 Å². The number of aromatic hydroxyl groups is 2. The van der Waals surface area contributed by atoms with Crippen molar-refractivity contribution in [3.8, 4) is 11.5 Å². The summed E-state index contributed by atoms with van der Waals surface area (Å²) < 4.78 is 0. The minimum Gasteiger partial charge on any atom is -0.507 e. The molecule has 0 heterocycles. The fraction of sp³-hybridized carbons (Fsp3) is 0. The number of benzene rings is 2. The SMILES string of the molecule is Nc1ccc(C(=O)NN=Cc2cccc(C(=O)O)c2O)c(O)c1. The Bertz CT molecular complexity index is 802. The maximum Gasteiger partial charge on any atom is 0.339 e. The molecule has 0 aromatic heterocycles. The fourth-order valence-electron chi connectivity index (χ4n) is 1.80. The molecule has 8 nitrogen and oxygen atoms in total. The van der Waals surface area contributed by atoms with E-state index in [2.05, 4.69) is 10.5 Å². The molecule has 2 aromatic carbocycles. The van der Waals surface area contributed by atoms with Gasteiger partial charge in [-0.15, -0.1) is 0 Å². The van der Waals surface area contributed by atoms with Gasteiger partial charge < -0.3 is 21.1 Å². The van der Waals surface area contributed by atoms with Gasteiger partial charge in [-0.25, -0.2) is 10.2 Å². The Morgan fingerprint density at radius 3 is 2.52 bits per heavy atom. The first kappa shape index (κ1) is 15.8. The van der Waals surface area contributed by atoms with E-state index in [0.717, 1.165) is 6.21 Å². The van der Waals surface area contributed by atoms with Crippen molar-refractivity contribution in [1.29, 1.82) is 0 Å². The number of phenols is 2. The Morgan fingerprint density at radius 2 is 1.87 bits per heavy atom. The van der Waals surface area contributed by atoms with E-state index in [1.54, 1.807) is 0 Å². The number of aromatic carboxylic acids is 1. The second-order valence-electron chi connectivity index (χ2n) is 4.52. The number of carbonyl (C=O) groups is 2. The van der Waals surface area contributed by atoms with Gasteiger partial charge in [0, 0.05) is 17.3 Å². The largest absolute Gasteiger partial charge is 0.507 e. The number of rotatable bonds is 4. The van der Waals surface area contributed by atoms with Gasteiger partial charge >= 0.3 is 5.97 Å². The second kappa shape index (κ2) is 6.48. The zero-order valence-electron chi connectivity index (χ0n) is 11.7. The number of nitrogens with zero attached hydrogens (tertiary/aromatic N) is 1. The van der Waals surface area contributed by atoms with Crippen molar-refractivity contribution in [2.24, 2.45) is 5.10 Å². The van der Waals surface area contributed by atoms with Crippen LogP contribution in [0.25, 0.3) is 0 Å². The van der Waals surface area contributed by atoms with E-state index >= 15 is 0 Å². The molecule has 6 N–H and O–H groups in total. The minimum atomic E-state index is -1.28. The quantitative estimate of drug-likeness (QED) is 0.325. The number of phenolic OH excluding ortho intramolecular Hbond substituents is 1. The van der Waals surface area contributed by atoms with Crippen molar-refractivity contribution in [2.45, 2.75) is 0 Å². The molecule has 2 aromatic rings. The summed E-state index contributed by atoms with van der Waals surface area (Å²) in [5.74, 6) is -2.73. The molecule has 0 spiro atoms. The highest BCUT2D eigenvalue weighted by molar-refractivity contribution is 5.99. The van der Waals surface area contributed by atoms with Gasteiger partial charge in [0.25, 0.3) is 5.91 Å². The van der Waals surface area contributed by atoms with Gasteiger partial charge in [-0.05, 0) is 24.3 Å². The Kier molecular flexibility index (Phi) is 4.46. The highest BCUT2D eigenvalue weighted by Crippen LogP contribution is 2.21. The standard InChI is InChI=1S/C15H13N3O5/c16-9-4-5-10(12(19)6-9)14(21)18-17-7-8-2-1-3-11(13(8)20)15(22)23/h1-7,19-20H,16H2,(H,18,21)(H,22,23). The highest BCUT2D eigenvalue weighted by atomic mass is 16.4. The van der Waals surface area contributed by atoms with Crippen LogP contribution in [0.3, 0.4) is 0 Å². The highest BCUT2D eigenvalue weighted by Gasteiger charge is 2.12. The van der Waals surface area contributed by atoms with Crippen molar-refractivity contribution in [1.82, 2.24) is 5.43 Å². The van der Waals surface area contributed by atoms with E-state index in [4.69, 9.17) is 10.8 Å². The van der Waals surface area contributed by atoms with Crippen molar-refractivity contribution in [3.05, 3.63) is 53.1 Å². The van der Waals surface area contributed by atoms with Gasteiger partial charge in [-0.2, -0.15) is 5.10 Å². The molecular formula is C15H13N3O5. The van der Waals surface area contributed by atoms with Crippen LogP contribution in [0.15, 0.2) is 41.5 Å². The average Bonchev–Trinajstić information content (AvgIpc) is 2.48. The van der Waals surface area contributed by atoms with Gasteiger partial charge in [0.1, 0.15) is 17.1 Å². The molecule has 0 aliphatic rings. The molecule has 8 heteroatoms. The third kappa shape index (κ3) is 3.56. The van der Waals surface area contributed by atoms with Crippen LogP contribution in [-0.2, 0) is 0 Å². The molecular weight excluding hydrogens is 302 g/mol. The second-order valence-corrected chi connectivity index (χ2v) is 4.52. The van der Waals surface area contributed by atoms with Gasteiger partial charge in [-0.3, -0.25) is 4.79 Å². The summed E-state index contributed by atoms with van der Waals surface area (Å²) in [6.45, 7) is 0. The third-order valence-electron chi connectivity index (χ3n) is 2.93. The Balaban J connectivity index is 2.14. The summed E-state index contributed by atoms with van der Waals surface area (Å²) in [6.07, 6.45) is 1.09. The zero-order valence-corrected chi connectivity index (χ0v) is 11.7. The van der Waals surface area contributed by atoms with E-state index in [-0.39, 0.29) is 22.4 Å². The van der Waals surface area contributed by atoms with Gasteiger partial charge in [0.05, 0.1) is 11.8 Å². The summed E-state index contributed by atoms with van der Waals surface area (Å²) in [6, 6.07) is 8.09. The summed E-state index contributed by atoms with van der Waals surface area (Å²) in [7, 11) is 0. The van der Waals surface area contributed by atoms with E-state index in [1.807, 2.05) is 0 Å². The lowest BCUT2D eigenvalue weighted by atomic mass is 10.1. The molecule has 1 amide bonds. The molecule has 0 unspecified atom stereocenters. The number of hydrazone groups is 1. The number of carboxylic acid groups (broad SMARTS) is 1. The maximum atomic E-state index is 11.8. The maximum absolute atomic E-state index is 11.8. The first-order valence-electron chi connectivity index (χ1n) is 6.37. The fourth-order valence-corrected chi connectivity index (χ4v) is 1.80. The molecule has 23 heavy (non-hydrogen) atoms. The number of carbonyl (C=O) groups excluding carboxylic acids is 1. The lowest BCUT2D eigenvalue weighted by Crippen LogP contribution is -2.17. The number of nitrogens with two attached hydrogens (primary N) is 1. The molecule has 0 aliphatic heterocycles. The van der Waals surface area contributed by atoms with E-state index < -0.39 is 17.6 Å². The minimum absolute atomic E-state index is 0.0279. The van der Waals surface area contributed by atoms with Crippen molar-refractivity contribution in [3.63, 3.8) is 0 Å². The molecule has 0 aliphatic carbocycles. The van der Waals surface area contributed by atoms with Crippen LogP contribution in [0.5, 0.6) is 11.5 Å². The molecule has 0 saturated carbocycles. The Labute approximate surface area is 130 Å². The zero-order chi connectivity index (χ0) is 17.0. The molecule has 0 bridgehead atoms. The predicted octanol–water partition coefficient (Wildman–Crippen LogP) is 1.14. The van der Waals surface area contributed by atoms with Crippen LogP contribution in [0.4, 0.5) is 5.69 Å². The monoisotopic (exact) mass is 315 g/mol. The van der Waals surface area contributed by atoms with Crippen LogP contribution < -0.4 is 11.2 Å². The number of amides is 1. The number of nitrogens with one attached hydrogen (secondary N) is 1. The number of anilines is 1. The summed E-state index contributed by atoms with van der Waals surface area (Å²) in [5, 5.41) is 31.9. The van der Waals surface area contributed by atoms with Crippen molar-refractivity contribution < 1.29 is 24.9 Å². The van der Waals surface area contributed by atoms with Crippen LogP contribution in [-0.4, -0.2) is 33.4 Å². The molecule has 0 fully saturated rings. The van der Waals surface area contributed by atoms with Crippen molar-refractivity contribution in [2.75, 3.05) is 5.73 Å². The molecule has 118 valence electrons. The lowest BCUT2D eigenvalue weighted by molar-refractivity contribution is 0.0693. The summed E-state index contributed by atoms with van der Waals surface area (Å²) >= 11 is 0. The molecule has 2 rings (SSSR count). The van der Waals surface area contributed by atoms with E-state index in [0.29, 0.717) is 5.69 Å². The Hall–Kier alpha value is -3.55. The lowest BCUT2D eigenvalue weighted by Gasteiger charge is -2.04. The van der Waals surface area contributed by atoms with Gasteiger partial charge in [-0.1, -0.05) is 6.07 Å². The number of hydrogen-bond donors (Lipinski definition) is 5. The summed E-state index contributed by atoms with van der Waals surface area (Å²) in [5.41, 5.74) is 7.73. The predicted molar refractivity (Wildman–Crippen MR) is 82.6 cm³/mol. The van der Waals surface area contributed by atoms with E-state index in [1.165, 1.54) is 36.4 Å². The number of para-hydroxylation sites is 1. The van der Waals surface area contributed by atoms with Gasteiger partial charge in [0.15, 0.2) is 0 Å². The molecule has 0 atom stereocenters. The Morgan fingerprint density at radius 1 is 1.13 bits per heavy atom. The normalized spacial score (nSPS) is 10.6. The first-order chi connectivity index (χ1) is 10.9. The molecule has 0 radical (unpaired) electrons. The van der Waals surface area contributed by atoms with Crippen LogP contribution >= 0.6 is 0 Å². The number of hydrogen-bond acceptors (Lipinski definition) is 6. The van der Waals surface area contributed by atoms with Crippen molar-refractivity contribution >= 4 is 23.8 Å². The van der Waals surface area contributed by atoms with Crippen LogP contribution in [0, 0.1) is 0 Å². The third-order valence-corrected chi connectivity index (χ3v) is 2.93. The first-order valence-corrected chi connectivity index (χ1v) is 6.37. The average molecular weight is 315 g/mol. The summed E-state index contributed by atoms with van der Waals surface area (Å²) in [4.78, 5) is 22.7. The van der Waals surface area contributed by atoms with Crippen LogP contribution in [0.1, 0.15) is 26.3 Å². The van der Waals surface area contributed by atoms with E-state index in [9.17, 15) is 19.8 Å². The van der Waals surface area contributed by atoms with Crippen LogP contribution in [0.2, 0.25) is 0 Å². The topological polar surface area (TPSA) is 145 Å². The number of carboxylic acids is 1. The number of nitrogen functional groups attached to an aromatic ring is 1. The molecule has 0 saturated heterocycles.